The van der Waals surface area contributed by atoms with Crippen LogP contribution >= 0.6 is 0 Å². The van der Waals surface area contributed by atoms with E-state index in [2.05, 4.69) is 4.72 Å². The van der Waals surface area contributed by atoms with Crippen molar-refractivity contribution in [3.05, 3.63) is 35.4 Å². The van der Waals surface area contributed by atoms with E-state index < -0.39 is 16.1 Å². The molecule has 0 fully saturated rings. The van der Waals surface area contributed by atoms with E-state index in [-0.39, 0.29) is 12.1 Å². The molecular weight excluding hydrogens is 256 g/mol. The lowest BCUT2D eigenvalue weighted by atomic mass is 10.1. The van der Waals surface area contributed by atoms with Crippen molar-refractivity contribution in [1.82, 2.24) is 9.44 Å². The average Bonchev–Trinajstić information content (AvgIpc) is 2.29. The van der Waals surface area contributed by atoms with Crippen LogP contribution in [0.15, 0.2) is 24.3 Å². The SMILES string of the molecule is CCNS(=O)(=O)NC(=O)c1cccc(COC)c1. The highest BCUT2D eigenvalue weighted by atomic mass is 32.2. The maximum absolute atomic E-state index is 11.7. The smallest absolute Gasteiger partial charge is 0.301 e. The Morgan fingerprint density at radius 2 is 2.11 bits per heavy atom. The largest absolute Gasteiger partial charge is 0.380 e. The highest BCUT2D eigenvalue weighted by Gasteiger charge is 2.14. The Kier molecular flexibility index (Phi) is 5.26. The van der Waals surface area contributed by atoms with Gasteiger partial charge >= 0.3 is 10.2 Å². The van der Waals surface area contributed by atoms with Gasteiger partial charge in [-0.3, -0.25) is 4.79 Å². The van der Waals surface area contributed by atoms with Crippen molar-refractivity contribution in [2.45, 2.75) is 13.5 Å². The second-order valence-electron chi connectivity index (χ2n) is 3.57. The van der Waals surface area contributed by atoms with Crippen LogP contribution in [0.1, 0.15) is 22.8 Å². The van der Waals surface area contributed by atoms with Crippen molar-refractivity contribution >= 4 is 16.1 Å². The van der Waals surface area contributed by atoms with Crippen molar-refractivity contribution in [1.29, 1.82) is 0 Å². The lowest BCUT2D eigenvalue weighted by Gasteiger charge is -2.07. The Balaban J connectivity index is 2.81. The molecule has 0 unspecified atom stereocenters. The van der Waals surface area contributed by atoms with Crippen LogP contribution in [0.3, 0.4) is 0 Å². The molecule has 18 heavy (non-hydrogen) atoms. The number of carbonyl (C=O) groups is 1. The van der Waals surface area contributed by atoms with Gasteiger partial charge in [0.25, 0.3) is 5.91 Å². The van der Waals surface area contributed by atoms with Crippen molar-refractivity contribution < 1.29 is 17.9 Å². The maximum Gasteiger partial charge on any atom is 0.301 e. The average molecular weight is 272 g/mol. The van der Waals surface area contributed by atoms with E-state index in [4.69, 9.17) is 4.74 Å². The first-order chi connectivity index (χ1) is 8.48. The van der Waals surface area contributed by atoms with Crippen LogP contribution in [0.4, 0.5) is 0 Å². The first kappa shape index (κ1) is 14.6. The van der Waals surface area contributed by atoms with Gasteiger partial charge in [0.1, 0.15) is 0 Å². The van der Waals surface area contributed by atoms with Gasteiger partial charge in [0.15, 0.2) is 0 Å². The molecule has 1 aromatic rings. The number of nitrogens with one attached hydrogen (secondary N) is 2. The van der Waals surface area contributed by atoms with Crippen LogP contribution in [0.25, 0.3) is 0 Å². The van der Waals surface area contributed by atoms with Gasteiger partial charge in [0.2, 0.25) is 0 Å². The Bertz CT molecular complexity index is 514. The summed E-state index contributed by atoms with van der Waals surface area (Å²) < 4.78 is 31.8. The van der Waals surface area contributed by atoms with Gasteiger partial charge < -0.3 is 4.74 Å². The number of benzene rings is 1. The summed E-state index contributed by atoms with van der Waals surface area (Å²) in [5.74, 6) is -0.672. The summed E-state index contributed by atoms with van der Waals surface area (Å²) in [6.07, 6.45) is 0. The third-order valence-corrected chi connectivity index (χ3v) is 3.18. The molecule has 0 heterocycles. The molecule has 0 aliphatic rings. The van der Waals surface area contributed by atoms with Crippen LogP contribution in [0.5, 0.6) is 0 Å². The Labute approximate surface area is 107 Å². The molecule has 1 amide bonds. The number of hydrogen-bond donors (Lipinski definition) is 2. The molecule has 0 aromatic heterocycles. The quantitative estimate of drug-likeness (QED) is 0.786. The predicted octanol–water partition coefficient (Wildman–Crippen LogP) is 0.417. The molecule has 2 N–H and O–H groups in total. The minimum Gasteiger partial charge on any atom is -0.380 e. The molecular formula is C11H16N2O4S. The highest BCUT2D eigenvalue weighted by molar-refractivity contribution is 7.88. The van der Waals surface area contributed by atoms with E-state index in [1.54, 1.807) is 32.2 Å². The maximum atomic E-state index is 11.7. The fourth-order valence-corrected chi connectivity index (χ4v) is 2.19. The second kappa shape index (κ2) is 6.48. The van der Waals surface area contributed by atoms with Gasteiger partial charge in [-0.1, -0.05) is 19.1 Å². The van der Waals surface area contributed by atoms with E-state index in [0.717, 1.165) is 5.56 Å². The van der Waals surface area contributed by atoms with Gasteiger partial charge in [-0.2, -0.15) is 13.1 Å². The number of hydrogen-bond acceptors (Lipinski definition) is 4. The van der Waals surface area contributed by atoms with Crippen LogP contribution in [0, 0.1) is 0 Å². The highest BCUT2D eigenvalue weighted by Crippen LogP contribution is 2.06. The zero-order valence-electron chi connectivity index (χ0n) is 10.3. The van der Waals surface area contributed by atoms with E-state index in [1.807, 2.05) is 4.72 Å². The topological polar surface area (TPSA) is 84.5 Å². The Morgan fingerprint density at radius 1 is 1.39 bits per heavy atom. The van der Waals surface area contributed by atoms with Gasteiger partial charge in [0, 0.05) is 19.2 Å². The van der Waals surface area contributed by atoms with Crippen molar-refractivity contribution in [3.63, 3.8) is 0 Å². The summed E-state index contributed by atoms with van der Waals surface area (Å²) in [6, 6.07) is 6.58. The van der Waals surface area contributed by atoms with Crippen LogP contribution in [0.2, 0.25) is 0 Å². The van der Waals surface area contributed by atoms with E-state index >= 15 is 0 Å². The van der Waals surface area contributed by atoms with Crippen LogP contribution in [-0.2, 0) is 21.6 Å². The number of rotatable bonds is 6. The van der Waals surface area contributed by atoms with Crippen molar-refractivity contribution in [2.75, 3.05) is 13.7 Å². The molecule has 1 aromatic carbocycles. The van der Waals surface area contributed by atoms with Crippen LogP contribution in [-0.4, -0.2) is 28.0 Å². The lowest BCUT2D eigenvalue weighted by molar-refractivity contribution is 0.0980. The molecule has 0 aliphatic carbocycles. The first-order valence-corrected chi connectivity index (χ1v) is 6.86. The third-order valence-electron chi connectivity index (χ3n) is 2.06. The summed E-state index contributed by atoms with van der Waals surface area (Å²) in [5, 5.41) is 0. The monoisotopic (exact) mass is 272 g/mol. The third kappa shape index (κ3) is 4.44. The molecule has 0 spiro atoms. The fraction of sp³-hybridized carbons (Fsp3) is 0.364. The molecule has 0 atom stereocenters. The molecule has 7 heteroatoms. The summed E-state index contributed by atoms with van der Waals surface area (Å²) in [4.78, 5) is 11.7. The Morgan fingerprint density at radius 3 is 2.72 bits per heavy atom. The normalized spacial score (nSPS) is 11.2. The molecule has 1 rings (SSSR count). The summed E-state index contributed by atoms with van der Waals surface area (Å²) in [6.45, 7) is 2.20. The van der Waals surface area contributed by atoms with E-state index in [1.165, 1.54) is 6.07 Å². The second-order valence-corrected chi connectivity index (χ2v) is 5.07. The zero-order chi connectivity index (χ0) is 13.6. The summed E-state index contributed by atoms with van der Waals surface area (Å²) >= 11 is 0. The first-order valence-electron chi connectivity index (χ1n) is 5.38. The van der Waals surface area contributed by atoms with Gasteiger partial charge in [-0.05, 0) is 17.7 Å². The molecule has 0 saturated heterocycles. The molecule has 6 nitrogen and oxygen atoms in total. The molecule has 0 radical (unpaired) electrons. The predicted molar refractivity (Wildman–Crippen MR) is 67.2 cm³/mol. The minimum atomic E-state index is -3.78. The number of ether oxygens (including phenoxy) is 1. The van der Waals surface area contributed by atoms with Crippen molar-refractivity contribution in [3.8, 4) is 0 Å². The van der Waals surface area contributed by atoms with Gasteiger partial charge in [-0.25, -0.2) is 4.72 Å². The zero-order valence-corrected chi connectivity index (χ0v) is 11.1. The van der Waals surface area contributed by atoms with E-state index in [9.17, 15) is 13.2 Å². The fourth-order valence-electron chi connectivity index (χ4n) is 1.38. The molecule has 0 saturated carbocycles. The molecule has 0 aliphatic heterocycles. The molecule has 0 bridgehead atoms. The molecule has 100 valence electrons. The van der Waals surface area contributed by atoms with Gasteiger partial charge in [0.05, 0.1) is 6.61 Å². The number of carbonyl (C=O) groups excluding carboxylic acids is 1. The Hall–Kier alpha value is -1.44. The standard InChI is InChI=1S/C11H16N2O4S/c1-3-12-18(15,16)13-11(14)10-6-4-5-9(7-10)8-17-2/h4-7,12H,3,8H2,1-2H3,(H,13,14). The lowest BCUT2D eigenvalue weighted by Crippen LogP contribution is -2.40. The van der Waals surface area contributed by atoms with Crippen molar-refractivity contribution in [2.24, 2.45) is 0 Å². The number of amides is 1. The van der Waals surface area contributed by atoms with Crippen LogP contribution < -0.4 is 9.44 Å². The summed E-state index contributed by atoms with van der Waals surface area (Å²) in [5.41, 5.74) is 1.07. The minimum absolute atomic E-state index is 0.215. The summed E-state index contributed by atoms with van der Waals surface area (Å²) in [7, 11) is -2.24. The number of methoxy groups -OCH3 is 1. The van der Waals surface area contributed by atoms with Gasteiger partial charge in [-0.15, -0.1) is 0 Å². The van der Waals surface area contributed by atoms with E-state index in [0.29, 0.717) is 6.61 Å².